The maximum absolute atomic E-state index is 13.1. The van der Waals surface area contributed by atoms with Crippen LogP contribution in [-0.4, -0.2) is 43.5 Å². The van der Waals surface area contributed by atoms with Crippen LogP contribution in [0.3, 0.4) is 0 Å². The molecule has 162 valence electrons. The predicted molar refractivity (Wildman–Crippen MR) is 124 cm³/mol. The van der Waals surface area contributed by atoms with Gasteiger partial charge in [0.25, 0.3) is 5.91 Å². The fraction of sp³-hybridized carbons (Fsp3) is 0.250. The van der Waals surface area contributed by atoms with Gasteiger partial charge in [-0.25, -0.2) is 0 Å². The summed E-state index contributed by atoms with van der Waals surface area (Å²) in [5.74, 6) is 0.773. The van der Waals surface area contributed by atoms with Gasteiger partial charge in [0.1, 0.15) is 17.5 Å². The number of nitrogens with one attached hydrogen (secondary N) is 1. The van der Waals surface area contributed by atoms with Gasteiger partial charge in [-0.2, -0.15) is 0 Å². The second kappa shape index (κ2) is 10.3. The second-order valence-corrected chi connectivity index (χ2v) is 7.84. The highest BCUT2D eigenvalue weighted by Crippen LogP contribution is 2.33. The van der Waals surface area contributed by atoms with Crippen LogP contribution in [0.25, 0.3) is 10.8 Å². The number of rotatable bonds is 8. The van der Waals surface area contributed by atoms with Gasteiger partial charge >= 0.3 is 0 Å². The highest BCUT2D eigenvalue weighted by atomic mass is 79.9. The van der Waals surface area contributed by atoms with Crippen LogP contribution in [0.5, 0.6) is 11.5 Å². The maximum atomic E-state index is 13.1. The normalized spacial score (nSPS) is 11.6. The molecule has 3 aromatic rings. The van der Waals surface area contributed by atoms with Crippen LogP contribution >= 0.6 is 15.9 Å². The van der Waals surface area contributed by atoms with Gasteiger partial charge in [0.15, 0.2) is 6.61 Å². The molecule has 0 spiro atoms. The molecule has 0 fully saturated rings. The second-order valence-electron chi connectivity index (χ2n) is 7.05. The van der Waals surface area contributed by atoms with Crippen molar-refractivity contribution in [3.63, 3.8) is 0 Å². The van der Waals surface area contributed by atoms with E-state index in [0.29, 0.717) is 5.75 Å². The van der Waals surface area contributed by atoms with Crippen LogP contribution in [0.15, 0.2) is 65.1 Å². The number of ether oxygens (including phenoxy) is 2. The Labute approximate surface area is 190 Å². The molecule has 31 heavy (non-hydrogen) atoms. The summed E-state index contributed by atoms with van der Waals surface area (Å²) in [7, 11) is 3.15. The molecule has 0 radical (unpaired) electrons. The first-order valence-electron chi connectivity index (χ1n) is 9.88. The van der Waals surface area contributed by atoms with Crippen molar-refractivity contribution >= 4 is 38.5 Å². The summed E-state index contributed by atoms with van der Waals surface area (Å²) < 4.78 is 11.8. The Morgan fingerprint density at radius 1 is 1.06 bits per heavy atom. The minimum Gasteiger partial charge on any atom is -0.497 e. The van der Waals surface area contributed by atoms with Crippen LogP contribution in [-0.2, 0) is 16.1 Å². The Morgan fingerprint density at radius 2 is 1.77 bits per heavy atom. The van der Waals surface area contributed by atoms with Crippen molar-refractivity contribution in [2.24, 2.45) is 0 Å². The molecule has 3 aromatic carbocycles. The number of carbonyl (C=O) groups excluding carboxylic acids is 2. The Balaban J connectivity index is 1.77. The van der Waals surface area contributed by atoms with Gasteiger partial charge in [-0.1, -0.05) is 42.5 Å². The minimum atomic E-state index is -0.650. The van der Waals surface area contributed by atoms with Crippen LogP contribution in [0.4, 0.5) is 0 Å². The molecule has 3 rings (SSSR count). The van der Waals surface area contributed by atoms with E-state index in [1.54, 1.807) is 21.1 Å². The summed E-state index contributed by atoms with van der Waals surface area (Å²) in [5, 5.41) is 4.68. The van der Waals surface area contributed by atoms with Crippen LogP contribution in [0.2, 0.25) is 0 Å². The third-order valence-corrected chi connectivity index (χ3v) is 5.92. The zero-order chi connectivity index (χ0) is 22.4. The van der Waals surface area contributed by atoms with E-state index in [0.717, 1.165) is 26.6 Å². The number of amides is 2. The summed E-state index contributed by atoms with van der Waals surface area (Å²) >= 11 is 3.57. The van der Waals surface area contributed by atoms with E-state index in [-0.39, 0.29) is 25.0 Å². The summed E-state index contributed by atoms with van der Waals surface area (Å²) in [6, 6.07) is 18.4. The Bertz CT molecular complexity index is 1070. The van der Waals surface area contributed by atoms with Crippen molar-refractivity contribution in [2.45, 2.75) is 19.5 Å². The lowest BCUT2D eigenvalue weighted by Gasteiger charge is -2.28. The predicted octanol–water partition coefficient (Wildman–Crippen LogP) is 4.15. The summed E-state index contributed by atoms with van der Waals surface area (Å²) in [4.78, 5) is 26.8. The fourth-order valence-corrected chi connectivity index (χ4v) is 3.87. The van der Waals surface area contributed by atoms with Crippen molar-refractivity contribution < 1.29 is 19.1 Å². The number of hydrogen-bond acceptors (Lipinski definition) is 4. The van der Waals surface area contributed by atoms with Crippen LogP contribution in [0, 0.1) is 0 Å². The number of likely N-dealkylation sites (N-methyl/N-ethyl adjacent to an activating group) is 1. The number of nitrogens with zero attached hydrogens (tertiary/aromatic N) is 1. The first kappa shape index (κ1) is 22.6. The summed E-state index contributed by atoms with van der Waals surface area (Å²) in [5.41, 5.74) is 0.886. The summed E-state index contributed by atoms with van der Waals surface area (Å²) in [6.45, 7) is 1.79. The zero-order valence-electron chi connectivity index (χ0n) is 17.7. The molecular weight excluding hydrogens is 460 g/mol. The molecule has 0 saturated carbocycles. The molecule has 0 bridgehead atoms. The number of carbonyl (C=O) groups is 2. The maximum Gasteiger partial charge on any atom is 0.261 e. The van der Waals surface area contributed by atoms with Gasteiger partial charge in [0.2, 0.25) is 5.91 Å². The van der Waals surface area contributed by atoms with E-state index in [4.69, 9.17) is 9.47 Å². The van der Waals surface area contributed by atoms with E-state index in [1.165, 1.54) is 4.90 Å². The topological polar surface area (TPSA) is 67.9 Å². The van der Waals surface area contributed by atoms with E-state index in [2.05, 4.69) is 21.2 Å². The van der Waals surface area contributed by atoms with E-state index < -0.39 is 6.04 Å². The lowest BCUT2D eigenvalue weighted by Crippen LogP contribution is -2.48. The highest BCUT2D eigenvalue weighted by molar-refractivity contribution is 9.10. The largest absolute Gasteiger partial charge is 0.497 e. The van der Waals surface area contributed by atoms with E-state index in [9.17, 15) is 9.59 Å². The molecule has 1 N–H and O–H groups in total. The average Bonchev–Trinajstić information content (AvgIpc) is 2.81. The molecule has 2 amide bonds. The smallest absolute Gasteiger partial charge is 0.261 e. The van der Waals surface area contributed by atoms with Crippen LogP contribution < -0.4 is 14.8 Å². The third-order valence-electron chi connectivity index (χ3n) is 5.10. The van der Waals surface area contributed by atoms with Gasteiger partial charge in [0, 0.05) is 13.6 Å². The van der Waals surface area contributed by atoms with Crippen molar-refractivity contribution in [1.29, 1.82) is 0 Å². The Hall–Kier alpha value is -3.06. The molecule has 0 aliphatic rings. The van der Waals surface area contributed by atoms with Gasteiger partial charge < -0.3 is 19.7 Å². The molecule has 0 aliphatic carbocycles. The molecular formula is C24H25BrN2O4. The number of benzene rings is 3. The molecule has 0 heterocycles. The quantitative estimate of drug-likeness (QED) is 0.521. The van der Waals surface area contributed by atoms with Crippen molar-refractivity contribution in [3.8, 4) is 11.5 Å². The van der Waals surface area contributed by atoms with Crippen molar-refractivity contribution in [3.05, 3.63) is 70.7 Å². The van der Waals surface area contributed by atoms with Gasteiger partial charge in [-0.3, -0.25) is 9.59 Å². The number of hydrogen-bond donors (Lipinski definition) is 1. The summed E-state index contributed by atoms with van der Waals surface area (Å²) in [6.07, 6.45) is 0. The first-order chi connectivity index (χ1) is 14.9. The first-order valence-corrected chi connectivity index (χ1v) is 10.7. The highest BCUT2D eigenvalue weighted by Gasteiger charge is 2.26. The fourth-order valence-electron chi connectivity index (χ4n) is 3.27. The SMILES string of the molecule is CNC(=O)[C@H](C)N(Cc1ccc(OC)cc1)C(=O)COc1ccc2ccccc2c1Br. The lowest BCUT2D eigenvalue weighted by atomic mass is 10.1. The van der Waals surface area contributed by atoms with Gasteiger partial charge in [-0.15, -0.1) is 0 Å². The van der Waals surface area contributed by atoms with Gasteiger partial charge in [0.05, 0.1) is 11.6 Å². The lowest BCUT2D eigenvalue weighted by molar-refractivity contribution is -0.142. The minimum absolute atomic E-state index is 0.186. The molecule has 1 atom stereocenters. The van der Waals surface area contributed by atoms with E-state index >= 15 is 0 Å². The monoisotopic (exact) mass is 484 g/mol. The molecule has 0 aliphatic heterocycles. The van der Waals surface area contributed by atoms with E-state index in [1.807, 2.05) is 60.7 Å². The number of methoxy groups -OCH3 is 1. The average molecular weight is 485 g/mol. The molecule has 6 nitrogen and oxygen atoms in total. The van der Waals surface area contributed by atoms with Crippen molar-refractivity contribution in [2.75, 3.05) is 20.8 Å². The zero-order valence-corrected chi connectivity index (χ0v) is 19.3. The molecule has 0 aromatic heterocycles. The van der Waals surface area contributed by atoms with Gasteiger partial charge in [-0.05, 0) is 57.4 Å². The van der Waals surface area contributed by atoms with Crippen molar-refractivity contribution in [1.82, 2.24) is 10.2 Å². The Morgan fingerprint density at radius 3 is 2.45 bits per heavy atom. The Kier molecular flexibility index (Phi) is 7.52. The molecule has 0 unspecified atom stereocenters. The van der Waals surface area contributed by atoms with Crippen LogP contribution in [0.1, 0.15) is 12.5 Å². The molecule has 7 heteroatoms. The third kappa shape index (κ3) is 5.35. The number of halogens is 1. The number of fused-ring (bicyclic) bond motifs is 1. The standard InChI is InChI=1S/C24H25BrN2O4/c1-16(24(29)26-2)27(14-17-8-11-19(30-3)12-9-17)22(28)15-31-21-13-10-18-6-4-5-7-20(18)23(21)25/h4-13,16H,14-15H2,1-3H3,(H,26,29)/t16-/m0/s1. The molecule has 0 saturated heterocycles.